The maximum absolute atomic E-state index is 12.4. The van der Waals surface area contributed by atoms with Gasteiger partial charge >= 0.3 is 0 Å². The number of carbonyl (C=O) groups excluding carboxylic acids is 2. The molecule has 6 heteroatoms. The van der Waals surface area contributed by atoms with Crippen molar-refractivity contribution in [3.63, 3.8) is 0 Å². The molecule has 3 rings (SSSR count). The zero-order chi connectivity index (χ0) is 19.1. The number of amides is 1. The van der Waals surface area contributed by atoms with Gasteiger partial charge in [-0.05, 0) is 30.9 Å². The third-order valence-electron chi connectivity index (χ3n) is 4.33. The van der Waals surface area contributed by atoms with E-state index < -0.39 is 11.7 Å². The first-order valence-corrected chi connectivity index (χ1v) is 9.14. The fourth-order valence-corrected chi connectivity index (χ4v) is 2.89. The number of likely N-dealkylation sites (N-methyl/N-ethyl adjacent to an activating group) is 1. The number of aromatic amines is 1. The van der Waals surface area contributed by atoms with E-state index in [0.717, 1.165) is 31.6 Å². The lowest BCUT2D eigenvalue weighted by atomic mass is 10.0. The Labute approximate surface area is 154 Å². The number of nitrogens with one attached hydrogen (secondary N) is 1. The van der Waals surface area contributed by atoms with Crippen LogP contribution >= 0.6 is 0 Å². The van der Waals surface area contributed by atoms with E-state index in [0.29, 0.717) is 29.2 Å². The number of nitrogens with zero attached hydrogens (tertiary/aromatic N) is 1. The molecule has 1 saturated heterocycles. The summed E-state index contributed by atoms with van der Waals surface area (Å²) in [5.41, 5.74) is 1.14. The lowest BCUT2D eigenvalue weighted by Gasteiger charge is -2.22. The fraction of sp³-hybridized carbons (Fsp3) is 0.500. The number of aromatic nitrogens is 1. The van der Waals surface area contributed by atoms with E-state index in [1.807, 2.05) is 32.0 Å². The number of Topliss-reactive ketones (excluding diaryl/α,β-unsaturated/α-hetero) is 1. The molecule has 1 amide bonds. The Balaban J connectivity index is 0.00000117. The minimum Gasteiger partial charge on any atom is -0.493 e. The third-order valence-corrected chi connectivity index (χ3v) is 4.33. The smallest absolute Gasteiger partial charge is 0.294 e. The van der Waals surface area contributed by atoms with Crippen molar-refractivity contribution in [1.82, 2.24) is 9.88 Å². The summed E-state index contributed by atoms with van der Waals surface area (Å²) < 4.78 is 11.4. The molecule has 0 bridgehead atoms. The third kappa shape index (κ3) is 4.43. The van der Waals surface area contributed by atoms with Gasteiger partial charge in [-0.3, -0.25) is 9.59 Å². The van der Waals surface area contributed by atoms with E-state index in [-0.39, 0.29) is 0 Å². The van der Waals surface area contributed by atoms with Crippen LogP contribution in [-0.4, -0.2) is 55.5 Å². The Hall–Kier alpha value is -2.34. The molecule has 0 unspecified atom stereocenters. The number of H-pyrrole nitrogens is 1. The van der Waals surface area contributed by atoms with Gasteiger partial charge < -0.3 is 19.4 Å². The zero-order valence-corrected chi connectivity index (χ0v) is 16.0. The number of fused-ring (bicyclic) bond motifs is 1. The second-order valence-corrected chi connectivity index (χ2v) is 6.28. The van der Waals surface area contributed by atoms with Gasteiger partial charge in [0.2, 0.25) is 0 Å². The maximum Gasteiger partial charge on any atom is 0.294 e. The SMILES string of the molecule is CC.CN(C)C(=O)C(=O)c1c[nH]c2cccc(OCC3CCOCC3)c12. The van der Waals surface area contributed by atoms with Crippen molar-refractivity contribution in [2.45, 2.75) is 26.7 Å². The number of rotatable bonds is 5. The van der Waals surface area contributed by atoms with E-state index in [9.17, 15) is 9.59 Å². The summed E-state index contributed by atoms with van der Waals surface area (Å²) in [6.45, 7) is 6.12. The lowest BCUT2D eigenvalue weighted by Crippen LogP contribution is -2.29. The number of ether oxygens (including phenoxy) is 2. The quantitative estimate of drug-likeness (QED) is 0.656. The van der Waals surface area contributed by atoms with Gasteiger partial charge in [0.1, 0.15) is 5.75 Å². The Morgan fingerprint density at radius 1 is 1.23 bits per heavy atom. The molecule has 1 aromatic heterocycles. The summed E-state index contributed by atoms with van der Waals surface area (Å²) in [6, 6.07) is 5.58. The first kappa shape index (κ1) is 20.0. The number of carbonyl (C=O) groups is 2. The van der Waals surface area contributed by atoms with Gasteiger partial charge in [0.25, 0.3) is 11.7 Å². The van der Waals surface area contributed by atoms with E-state index in [1.54, 1.807) is 20.3 Å². The summed E-state index contributed by atoms with van der Waals surface area (Å²) in [5.74, 6) is 0.00848. The van der Waals surface area contributed by atoms with Crippen LogP contribution in [-0.2, 0) is 9.53 Å². The van der Waals surface area contributed by atoms with Crippen LogP contribution < -0.4 is 4.74 Å². The van der Waals surface area contributed by atoms with Crippen LogP contribution in [0.25, 0.3) is 10.9 Å². The fourth-order valence-electron chi connectivity index (χ4n) is 2.89. The van der Waals surface area contributed by atoms with E-state index in [2.05, 4.69) is 4.98 Å². The first-order valence-electron chi connectivity index (χ1n) is 9.14. The predicted octanol–water partition coefficient (Wildman–Crippen LogP) is 3.27. The minimum absolute atomic E-state index is 0.353. The maximum atomic E-state index is 12.4. The molecule has 1 aliphatic rings. The molecule has 0 atom stereocenters. The molecular weight excluding hydrogens is 332 g/mol. The molecule has 6 nitrogen and oxygen atoms in total. The second-order valence-electron chi connectivity index (χ2n) is 6.28. The van der Waals surface area contributed by atoms with Gasteiger partial charge in [-0.25, -0.2) is 0 Å². The van der Waals surface area contributed by atoms with Crippen molar-refractivity contribution in [3.8, 4) is 5.75 Å². The Kier molecular flexibility index (Phi) is 7.21. The molecule has 0 saturated carbocycles. The van der Waals surface area contributed by atoms with Gasteiger partial charge in [0.05, 0.1) is 17.6 Å². The lowest BCUT2D eigenvalue weighted by molar-refractivity contribution is -0.124. The van der Waals surface area contributed by atoms with Crippen LogP contribution in [0.15, 0.2) is 24.4 Å². The molecule has 0 aliphatic carbocycles. The molecular formula is C20H28N2O4. The molecule has 26 heavy (non-hydrogen) atoms. The summed E-state index contributed by atoms with van der Waals surface area (Å²) >= 11 is 0. The molecule has 1 N–H and O–H groups in total. The van der Waals surface area contributed by atoms with Gasteiger partial charge in [-0.2, -0.15) is 0 Å². The highest BCUT2D eigenvalue weighted by Gasteiger charge is 2.24. The molecule has 1 aromatic carbocycles. The van der Waals surface area contributed by atoms with Gasteiger partial charge in [0, 0.05) is 39.0 Å². The molecule has 0 spiro atoms. The minimum atomic E-state index is -0.546. The molecule has 2 aromatic rings. The normalized spacial score (nSPS) is 14.5. The van der Waals surface area contributed by atoms with E-state index in [1.165, 1.54) is 4.90 Å². The van der Waals surface area contributed by atoms with E-state index >= 15 is 0 Å². The second kappa shape index (κ2) is 9.38. The molecule has 1 aliphatic heterocycles. The Bertz CT molecular complexity index is 745. The van der Waals surface area contributed by atoms with Crippen molar-refractivity contribution < 1.29 is 19.1 Å². The average molecular weight is 360 g/mol. The van der Waals surface area contributed by atoms with Crippen LogP contribution in [0.1, 0.15) is 37.0 Å². The molecule has 0 radical (unpaired) electrons. The topological polar surface area (TPSA) is 71.6 Å². The number of benzene rings is 1. The zero-order valence-electron chi connectivity index (χ0n) is 16.0. The van der Waals surface area contributed by atoms with Gasteiger partial charge in [-0.15, -0.1) is 0 Å². The van der Waals surface area contributed by atoms with E-state index in [4.69, 9.17) is 9.47 Å². The van der Waals surface area contributed by atoms with Gasteiger partial charge in [-0.1, -0.05) is 19.9 Å². The van der Waals surface area contributed by atoms with Crippen molar-refractivity contribution >= 4 is 22.6 Å². The molecule has 1 fully saturated rings. The van der Waals surface area contributed by atoms with Crippen molar-refractivity contribution in [1.29, 1.82) is 0 Å². The summed E-state index contributed by atoms with van der Waals surface area (Å²) in [4.78, 5) is 28.8. The highest BCUT2D eigenvalue weighted by molar-refractivity contribution is 6.45. The van der Waals surface area contributed by atoms with Crippen LogP contribution in [0, 0.1) is 5.92 Å². The van der Waals surface area contributed by atoms with Crippen LogP contribution in [0.3, 0.4) is 0 Å². The van der Waals surface area contributed by atoms with Crippen LogP contribution in [0.4, 0.5) is 0 Å². The average Bonchev–Trinajstić information content (AvgIpc) is 3.12. The van der Waals surface area contributed by atoms with Crippen molar-refractivity contribution in [2.24, 2.45) is 5.92 Å². The molecule has 142 valence electrons. The highest BCUT2D eigenvalue weighted by atomic mass is 16.5. The van der Waals surface area contributed by atoms with Gasteiger partial charge in [0.15, 0.2) is 0 Å². The monoisotopic (exact) mass is 360 g/mol. The van der Waals surface area contributed by atoms with Crippen molar-refractivity contribution in [2.75, 3.05) is 33.9 Å². The number of hydrogen-bond acceptors (Lipinski definition) is 4. The number of hydrogen-bond donors (Lipinski definition) is 1. The Morgan fingerprint density at radius 3 is 2.58 bits per heavy atom. The predicted molar refractivity (Wildman–Crippen MR) is 102 cm³/mol. The Morgan fingerprint density at radius 2 is 1.92 bits per heavy atom. The summed E-state index contributed by atoms with van der Waals surface area (Å²) in [7, 11) is 3.13. The summed E-state index contributed by atoms with van der Waals surface area (Å²) in [5, 5.41) is 0.671. The standard InChI is InChI=1S/C18H22N2O4.C2H6/c1-20(2)18(22)17(21)13-10-19-14-4-3-5-15(16(13)14)24-11-12-6-8-23-9-7-12;1-2/h3-5,10,12,19H,6-9,11H2,1-2H3;1-2H3. The number of ketones is 1. The van der Waals surface area contributed by atoms with Crippen LogP contribution in [0.2, 0.25) is 0 Å². The van der Waals surface area contributed by atoms with Crippen molar-refractivity contribution in [3.05, 3.63) is 30.0 Å². The first-order chi connectivity index (χ1) is 12.6. The van der Waals surface area contributed by atoms with Crippen LogP contribution in [0.5, 0.6) is 5.75 Å². The molecule has 2 heterocycles. The highest BCUT2D eigenvalue weighted by Crippen LogP contribution is 2.30. The summed E-state index contributed by atoms with van der Waals surface area (Å²) in [6.07, 6.45) is 3.54. The largest absolute Gasteiger partial charge is 0.493 e.